The van der Waals surface area contributed by atoms with Crippen molar-refractivity contribution in [3.8, 4) is 11.5 Å². The molecule has 1 aliphatic rings. The van der Waals surface area contributed by atoms with E-state index in [2.05, 4.69) is 10.4 Å². The van der Waals surface area contributed by atoms with Gasteiger partial charge in [0.25, 0.3) is 0 Å². The van der Waals surface area contributed by atoms with Crippen molar-refractivity contribution in [1.82, 2.24) is 15.1 Å². The van der Waals surface area contributed by atoms with E-state index in [1.54, 1.807) is 11.8 Å². The van der Waals surface area contributed by atoms with Crippen molar-refractivity contribution >= 4 is 5.91 Å². The van der Waals surface area contributed by atoms with Crippen LogP contribution < -0.4 is 14.8 Å². The zero-order valence-corrected chi connectivity index (χ0v) is 13.6. The van der Waals surface area contributed by atoms with E-state index in [4.69, 9.17) is 9.47 Å². The Labute approximate surface area is 135 Å². The Morgan fingerprint density at radius 1 is 1.48 bits per heavy atom. The van der Waals surface area contributed by atoms with Gasteiger partial charge in [0, 0.05) is 13.1 Å². The molecule has 0 fully saturated rings. The van der Waals surface area contributed by atoms with Gasteiger partial charge < -0.3 is 14.8 Å². The molecule has 1 N–H and O–H groups in total. The van der Waals surface area contributed by atoms with Gasteiger partial charge in [-0.25, -0.2) is 0 Å². The zero-order valence-electron chi connectivity index (χ0n) is 13.6. The quantitative estimate of drug-likeness (QED) is 0.931. The molecule has 1 aliphatic heterocycles. The van der Waals surface area contributed by atoms with E-state index in [1.807, 2.05) is 38.2 Å². The smallest absolute Gasteiger partial charge is 0.227 e. The third kappa shape index (κ3) is 3.31. The number of benzene rings is 1. The molecule has 1 atom stereocenters. The largest absolute Gasteiger partial charge is 0.497 e. The summed E-state index contributed by atoms with van der Waals surface area (Å²) in [6.07, 6.45) is 0.676. The fourth-order valence-electron chi connectivity index (χ4n) is 2.80. The Morgan fingerprint density at radius 3 is 3.00 bits per heavy atom. The summed E-state index contributed by atoms with van der Waals surface area (Å²) in [5.41, 5.74) is 2.96. The van der Waals surface area contributed by atoms with Crippen LogP contribution in [0.5, 0.6) is 11.5 Å². The predicted octanol–water partition coefficient (Wildman–Crippen LogP) is 1.60. The number of nitrogens with one attached hydrogen (secondary N) is 1. The van der Waals surface area contributed by atoms with Gasteiger partial charge in [-0.15, -0.1) is 0 Å². The van der Waals surface area contributed by atoms with Crippen LogP contribution >= 0.6 is 0 Å². The maximum Gasteiger partial charge on any atom is 0.227 e. The molecule has 6 nitrogen and oxygen atoms in total. The van der Waals surface area contributed by atoms with Gasteiger partial charge in [0.15, 0.2) is 0 Å². The number of methoxy groups -OCH3 is 1. The monoisotopic (exact) mass is 315 g/mol. The number of fused-ring (bicyclic) bond motifs is 1. The standard InChI is InChI=1S/C17H21N3O3/c1-11-6-14(20(2)19-11)9-18-17(21)13-7-12-4-5-15(22-3)8-16(12)23-10-13/h4-6,8,13H,7,9-10H2,1-3H3,(H,18,21). The molecule has 2 aromatic rings. The summed E-state index contributed by atoms with van der Waals surface area (Å²) >= 11 is 0. The molecule has 0 aliphatic carbocycles. The van der Waals surface area contributed by atoms with Crippen molar-refractivity contribution in [3.63, 3.8) is 0 Å². The molecular weight excluding hydrogens is 294 g/mol. The van der Waals surface area contributed by atoms with Gasteiger partial charge in [-0.1, -0.05) is 6.07 Å². The highest BCUT2D eigenvalue weighted by atomic mass is 16.5. The van der Waals surface area contributed by atoms with Gasteiger partial charge in [-0.3, -0.25) is 9.48 Å². The second kappa shape index (κ2) is 6.32. The molecule has 6 heteroatoms. The van der Waals surface area contributed by atoms with Crippen molar-refractivity contribution < 1.29 is 14.3 Å². The van der Waals surface area contributed by atoms with Crippen molar-refractivity contribution in [2.75, 3.05) is 13.7 Å². The molecule has 122 valence electrons. The van der Waals surface area contributed by atoms with E-state index in [9.17, 15) is 4.79 Å². The van der Waals surface area contributed by atoms with E-state index < -0.39 is 0 Å². The summed E-state index contributed by atoms with van der Waals surface area (Å²) < 4.78 is 12.7. The summed E-state index contributed by atoms with van der Waals surface area (Å²) in [5.74, 6) is 1.39. The van der Waals surface area contributed by atoms with Crippen LogP contribution in [0.1, 0.15) is 17.0 Å². The number of rotatable bonds is 4. The van der Waals surface area contributed by atoms with Gasteiger partial charge >= 0.3 is 0 Å². The molecule has 1 aromatic heterocycles. The molecule has 0 radical (unpaired) electrons. The van der Waals surface area contributed by atoms with Crippen LogP contribution in [0.25, 0.3) is 0 Å². The van der Waals surface area contributed by atoms with Crippen molar-refractivity contribution in [2.45, 2.75) is 19.9 Å². The lowest BCUT2D eigenvalue weighted by Crippen LogP contribution is -2.37. The maximum absolute atomic E-state index is 12.4. The molecule has 1 aromatic carbocycles. The van der Waals surface area contributed by atoms with Crippen LogP contribution in [0, 0.1) is 12.8 Å². The van der Waals surface area contributed by atoms with E-state index in [0.29, 0.717) is 19.6 Å². The molecule has 3 rings (SSSR count). The number of aryl methyl sites for hydroxylation is 2. The second-order valence-electron chi connectivity index (χ2n) is 5.80. The number of carbonyl (C=O) groups is 1. The lowest BCUT2D eigenvalue weighted by Gasteiger charge is -2.25. The molecule has 23 heavy (non-hydrogen) atoms. The first-order chi connectivity index (χ1) is 11.1. The Balaban J connectivity index is 1.61. The molecule has 2 heterocycles. The van der Waals surface area contributed by atoms with Crippen LogP contribution in [-0.2, 0) is 24.8 Å². The Hall–Kier alpha value is -2.50. The second-order valence-corrected chi connectivity index (χ2v) is 5.80. The topological polar surface area (TPSA) is 65.4 Å². The summed E-state index contributed by atoms with van der Waals surface area (Å²) in [4.78, 5) is 12.4. The van der Waals surface area contributed by atoms with Gasteiger partial charge in [-0.05, 0) is 31.0 Å². The van der Waals surface area contributed by atoms with E-state index >= 15 is 0 Å². The normalized spacial score (nSPS) is 16.4. The lowest BCUT2D eigenvalue weighted by molar-refractivity contribution is -0.126. The molecule has 0 bridgehead atoms. The van der Waals surface area contributed by atoms with Crippen molar-refractivity contribution in [3.05, 3.63) is 41.2 Å². The van der Waals surface area contributed by atoms with Gasteiger partial charge in [0.1, 0.15) is 18.1 Å². The number of amides is 1. The average Bonchev–Trinajstić information content (AvgIpc) is 2.89. The third-order valence-corrected chi connectivity index (χ3v) is 4.09. The maximum atomic E-state index is 12.4. The summed E-state index contributed by atoms with van der Waals surface area (Å²) in [7, 11) is 3.50. The third-order valence-electron chi connectivity index (χ3n) is 4.09. The highest BCUT2D eigenvalue weighted by Crippen LogP contribution is 2.31. The number of ether oxygens (including phenoxy) is 2. The number of nitrogens with zero attached hydrogens (tertiary/aromatic N) is 2. The fraction of sp³-hybridized carbons (Fsp3) is 0.412. The Morgan fingerprint density at radius 2 is 2.30 bits per heavy atom. The number of aromatic nitrogens is 2. The first kappa shape index (κ1) is 15.4. The van der Waals surface area contributed by atoms with Crippen molar-refractivity contribution in [1.29, 1.82) is 0 Å². The highest BCUT2D eigenvalue weighted by Gasteiger charge is 2.26. The fourth-order valence-corrected chi connectivity index (χ4v) is 2.80. The Kier molecular flexibility index (Phi) is 4.23. The van der Waals surface area contributed by atoms with Gasteiger partial charge in [0.05, 0.1) is 31.0 Å². The minimum absolute atomic E-state index is 0.00493. The van der Waals surface area contributed by atoms with E-state index in [0.717, 1.165) is 28.5 Å². The molecule has 1 amide bonds. The first-order valence-corrected chi connectivity index (χ1v) is 7.63. The first-order valence-electron chi connectivity index (χ1n) is 7.63. The number of hydrogen-bond acceptors (Lipinski definition) is 4. The molecular formula is C17H21N3O3. The van der Waals surface area contributed by atoms with Crippen LogP contribution in [0.2, 0.25) is 0 Å². The summed E-state index contributed by atoms with van der Waals surface area (Å²) in [6.45, 7) is 2.80. The van der Waals surface area contributed by atoms with Crippen LogP contribution in [0.4, 0.5) is 0 Å². The van der Waals surface area contributed by atoms with E-state index in [1.165, 1.54) is 0 Å². The predicted molar refractivity (Wildman–Crippen MR) is 85.5 cm³/mol. The van der Waals surface area contributed by atoms with Crippen LogP contribution in [0.15, 0.2) is 24.3 Å². The van der Waals surface area contributed by atoms with Crippen molar-refractivity contribution in [2.24, 2.45) is 13.0 Å². The molecule has 0 saturated carbocycles. The number of hydrogen-bond donors (Lipinski definition) is 1. The molecule has 0 spiro atoms. The Bertz CT molecular complexity index is 724. The minimum Gasteiger partial charge on any atom is -0.497 e. The van der Waals surface area contributed by atoms with E-state index in [-0.39, 0.29) is 11.8 Å². The van der Waals surface area contributed by atoms with Crippen LogP contribution in [-0.4, -0.2) is 29.4 Å². The van der Waals surface area contributed by atoms with Crippen LogP contribution in [0.3, 0.4) is 0 Å². The SMILES string of the molecule is COc1ccc2c(c1)OCC(C(=O)NCc1cc(C)nn1C)C2. The zero-order chi connectivity index (χ0) is 16.4. The summed E-state index contributed by atoms with van der Waals surface area (Å²) in [5, 5.41) is 7.25. The summed E-state index contributed by atoms with van der Waals surface area (Å²) in [6, 6.07) is 7.68. The average molecular weight is 315 g/mol. The number of carbonyl (C=O) groups excluding carboxylic acids is 1. The van der Waals surface area contributed by atoms with Gasteiger partial charge in [0.2, 0.25) is 5.91 Å². The minimum atomic E-state index is -0.176. The molecule has 1 unspecified atom stereocenters. The van der Waals surface area contributed by atoms with Gasteiger partial charge in [-0.2, -0.15) is 5.10 Å². The highest BCUT2D eigenvalue weighted by molar-refractivity contribution is 5.79. The molecule has 0 saturated heterocycles. The lowest BCUT2D eigenvalue weighted by atomic mass is 9.96.